The van der Waals surface area contributed by atoms with Gasteiger partial charge in [0.1, 0.15) is 0 Å². The Labute approximate surface area is 128 Å². The molecule has 0 bridgehead atoms. The molecule has 22 heavy (non-hydrogen) atoms. The van der Waals surface area contributed by atoms with Crippen molar-refractivity contribution in [3.05, 3.63) is 42.0 Å². The highest BCUT2D eigenvalue weighted by Crippen LogP contribution is 2.30. The molecule has 0 saturated heterocycles. The molecular weight excluding hydrogens is 302 g/mol. The van der Waals surface area contributed by atoms with Crippen molar-refractivity contribution in [2.45, 2.75) is 23.6 Å². The minimum Gasteiger partial charge on any atom is -0.370 e. The molecule has 1 N–H and O–H groups in total. The van der Waals surface area contributed by atoms with E-state index in [0.717, 1.165) is 11.4 Å². The third-order valence-electron chi connectivity index (χ3n) is 3.32. The van der Waals surface area contributed by atoms with Crippen molar-refractivity contribution in [3.63, 3.8) is 0 Å². The summed E-state index contributed by atoms with van der Waals surface area (Å²) in [7, 11) is -2.11. The Morgan fingerprint density at radius 1 is 1.18 bits per heavy atom. The van der Waals surface area contributed by atoms with Crippen LogP contribution in [0, 0.1) is 13.8 Å². The van der Waals surface area contributed by atoms with Gasteiger partial charge >= 0.3 is 0 Å². The minimum absolute atomic E-state index is 0.0769. The van der Waals surface area contributed by atoms with Crippen molar-refractivity contribution < 1.29 is 8.42 Å². The first kappa shape index (κ1) is 14.5. The van der Waals surface area contributed by atoms with Crippen LogP contribution in [0.4, 0.5) is 5.82 Å². The highest BCUT2D eigenvalue weighted by molar-refractivity contribution is 7.91. The summed E-state index contributed by atoms with van der Waals surface area (Å²) in [4.78, 5) is 8.46. The summed E-state index contributed by atoms with van der Waals surface area (Å²) in [6, 6.07) is 4.77. The number of pyridine rings is 1. The molecule has 114 valence electrons. The zero-order valence-electron chi connectivity index (χ0n) is 12.4. The van der Waals surface area contributed by atoms with Crippen LogP contribution in [0.5, 0.6) is 0 Å². The van der Waals surface area contributed by atoms with Gasteiger partial charge in [-0.05, 0) is 32.0 Å². The highest BCUT2D eigenvalue weighted by atomic mass is 32.2. The summed E-state index contributed by atoms with van der Waals surface area (Å²) >= 11 is 0. The number of nitrogens with one attached hydrogen (secondary N) is 1. The van der Waals surface area contributed by atoms with E-state index in [4.69, 9.17) is 0 Å². The Bertz CT molecular complexity index is 948. The van der Waals surface area contributed by atoms with Gasteiger partial charge in [0, 0.05) is 30.8 Å². The molecule has 8 heteroatoms. The van der Waals surface area contributed by atoms with Gasteiger partial charge in [0.2, 0.25) is 9.84 Å². The van der Waals surface area contributed by atoms with Gasteiger partial charge in [-0.3, -0.25) is 4.98 Å². The molecular formula is C14H15N5O2S. The lowest BCUT2D eigenvalue weighted by atomic mass is 10.3. The summed E-state index contributed by atoms with van der Waals surface area (Å²) < 4.78 is 27.4. The Kier molecular flexibility index (Phi) is 3.32. The van der Waals surface area contributed by atoms with Gasteiger partial charge in [0.15, 0.2) is 16.4 Å². The molecule has 0 aliphatic heterocycles. The Hall–Kier alpha value is -2.48. The van der Waals surface area contributed by atoms with Crippen LogP contribution in [0.3, 0.4) is 0 Å². The van der Waals surface area contributed by atoms with Crippen LogP contribution in [0.1, 0.15) is 11.4 Å². The summed E-state index contributed by atoms with van der Waals surface area (Å²) in [6.45, 7) is 3.68. The fourth-order valence-electron chi connectivity index (χ4n) is 2.35. The number of hydrogen-bond donors (Lipinski definition) is 1. The quantitative estimate of drug-likeness (QED) is 0.789. The number of nitrogens with zero attached hydrogens (tertiary/aromatic N) is 4. The standard InChI is InChI=1S/C14H15N5O2S/c1-9-8-10(2)19-14(17-9)12(13(15-3)18-19)22(20,21)11-4-6-16-7-5-11/h4-8H,1-3H3,(H,15,18). The van der Waals surface area contributed by atoms with E-state index >= 15 is 0 Å². The van der Waals surface area contributed by atoms with E-state index in [0.29, 0.717) is 5.65 Å². The largest absolute Gasteiger partial charge is 0.370 e. The van der Waals surface area contributed by atoms with E-state index in [1.807, 2.05) is 19.9 Å². The van der Waals surface area contributed by atoms with Gasteiger partial charge in [0.05, 0.1) is 4.90 Å². The maximum atomic E-state index is 13.0. The Morgan fingerprint density at radius 2 is 1.86 bits per heavy atom. The van der Waals surface area contributed by atoms with Crippen molar-refractivity contribution >= 4 is 21.3 Å². The van der Waals surface area contributed by atoms with Gasteiger partial charge in [-0.15, -0.1) is 5.10 Å². The smallest absolute Gasteiger partial charge is 0.214 e. The van der Waals surface area contributed by atoms with Gasteiger partial charge < -0.3 is 5.32 Å². The molecule has 0 amide bonds. The summed E-state index contributed by atoms with van der Waals surface area (Å²) in [5, 5.41) is 7.15. The van der Waals surface area contributed by atoms with Gasteiger partial charge in [0.25, 0.3) is 0 Å². The number of sulfone groups is 1. The van der Waals surface area contributed by atoms with E-state index in [2.05, 4.69) is 20.4 Å². The SMILES string of the molecule is CNc1nn2c(C)cc(C)nc2c1S(=O)(=O)c1ccncc1. The summed E-state index contributed by atoms with van der Waals surface area (Å²) in [5.74, 6) is 0.276. The zero-order chi connectivity index (χ0) is 15.9. The third kappa shape index (κ3) is 2.12. The molecule has 3 rings (SSSR count). The average Bonchev–Trinajstić information content (AvgIpc) is 2.87. The summed E-state index contributed by atoms with van der Waals surface area (Å²) in [5.41, 5.74) is 1.87. The second-order valence-corrected chi connectivity index (χ2v) is 6.77. The topological polar surface area (TPSA) is 89.2 Å². The fourth-order valence-corrected chi connectivity index (χ4v) is 3.83. The number of aryl methyl sites for hydroxylation is 2. The first-order valence-electron chi connectivity index (χ1n) is 6.65. The molecule has 0 atom stereocenters. The molecule has 0 aromatic carbocycles. The molecule has 7 nitrogen and oxygen atoms in total. The highest BCUT2D eigenvalue weighted by Gasteiger charge is 2.28. The maximum absolute atomic E-state index is 13.0. The Balaban J connectivity index is 2.40. The first-order chi connectivity index (χ1) is 10.4. The molecule has 0 fully saturated rings. The molecule has 3 aromatic heterocycles. The molecule has 0 unspecified atom stereocenters. The van der Waals surface area contributed by atoms with E-state index in [1.54, 1.807) is 7.05 Å². The molecule has 0 aliphatic rings. The van der Waals surface area contributed by atoms with Crippen LogP contribution in [0.15, 0.2) is 40.4 Å². The van der Waals surface area contributed by atoms with E-state index in [-0.39, 0.29) is 15.6 Å². The van der Waals surface area contributed by atoms with Crippen LogP contribution in [0.25, 0.3) is 5.65 Å². The van der Waals surface area contributed by atoms with E-state index < -0.39 is 9.84 Å². The van der Waals surface area contributed by atoms with Gasteiger partial charge in [-0.25, -0.2) is 17.9 Å². The predicted octanol–water partition coefficient (Wildman–Crippen LogP) is 1.62. The van der Waals surface area contributed by atoms with Crippen molar-refractivity contribution in [2.75, 3.05) is 12.4 Å². The van der Waals surface area contributed by atoms with Crippen LogP contribution in [0.2, 0.25) is 0 Å². The number of anilines is 1. The van der Waals surface area contributed by atoms with Crippen molar-refractivity contribution in [1.29, 1.82) is 0 Å². The molecule has 3 aromatic rings. The number of aromatic nitrogens is 4. The second-order valence-electron chi connectivity index (χ2n) is 4.89. The lowest BCUT2D eigenvalue weighted by Crippen LogP contribution is -2.06. The molecule has 0 saturated carbocycles. The molecule has 0 aliphatic carbocycles. The lowest BCUT2D eigenvalue weighted by molar-refractivity contribution is 0.597. The molecule has 3 heterocycles. The molecule has 0 radical (unpaired) electrons. The van der Waals surface area contributed by atoms with Crippen LogP contribution in [-0.4, -0.2) is 35.0 Å². The normalized spacial score (nSPS) is 11.8. The fraction of sp³-hybridized carbons (Fsp3) is 0.214. The Morgan fingerprint density at radius 3 is 2.50 bits per heavy atom. The van der Waals surface area contributed by atoms with Gasteiger partial charge in [-0.1, -0.05) is 0 Å². The first-order valence-corrected chi connectivity index (χ1v) is 8.13. The monoisotopic (exact) mass is 317 g/mol. The van der Waals surface area contributed by atoms with Crippen molar-refractivity contribution in [3.8, 4) is 0 Å². The summed E-state index contributed by atoms with van der Waals surface area (Å²) in [6.07, 6.45) is 2.89. The van der Waals surface area contributed by atoms with Crippen molar-refractivity contribution in [1.82, 2.24) is 19.6 Å². The predicted molar refractivity (Wildman–Crippen MR) is 81.7 cm³/mol. The maximum Gasteiger partial charge on any atom is 0.214 e. The number of rotatable bonds is 3. The number of hydrogen-bond acceptors (Lipinski definition) is 6. The van der Waals surface area contributed by atoms with E-state index in [9.17, 15) is 8.42 Å². The van der Waals surface area contributed by atoms with Crippen LogP contribution < -0.4 is 5.32 Å². The minimum atomic E-state index is -3.75. The van der Waals surface area contributed by atoms with Crippen LogP contribution in [-0.2, 0) is 9.84 Å². The second kappa shape index (κ2) is 5.06. The number of fused-ring (bicyclic) bond motifs is 1. The van der Waals surface area contributed by atoms with E-state index in [1.165, 1.54) is 29.0 Å². The lowest BCUT2D eigenvalue weighted by Gasteiger charge is -2.05. The third-order valence-corrected chi connectivity index (χ3v) is 5.12. The van der Waals surface area contributed by atoms with Crippen molar-refractivity contribution in [2.24, 2.45) is 0 Å². The van der Waals surface area contributed by atoms with Gasteiger partial charge in [-0.2, -0.15) is 0 Å². The van der Waals surface area contributed by atoms with Crippen LogP contribution >= 0.6 is 0 Å². The molecule has 0 spiro atoms. The average molecular weight is 317 g/mol. The zero-order valence-corrected chi connectivity index (χ0v) is 13.2.